The quantitative estimate of drug-likeness (QED) is 0.264. The summed E-state index contributed by atoms with van der Waals surface area (Å²) in [5.41, 5.74) is 0.460. The lowest BCUT2D eigenvalue weighted by molar-refractivity contribution is -0.113. The van der Waals surface area contributed by atoms with Crippen LogP contribution in [0.4, 0.5) is 5.69 Å². The molecular formula is C24H24N6O6S. The Morgan fingerprint density at radius 1 is 0.946 bits per heavy atom. The fourth-order valence-corrected chi connectivity index (χ4v) is 4.27. The molecule has 0 saturated carbocycles. The van der Waals surface area contributed by atoms with Crippen LogP contribution in [0.2, 0.25) is 0 Å². The van der Waals surface area contributed by atoms with E-state index in [2.05, 4.69) is 25.5 Å². The number of hydrogen-bond acceptors (Lipinski definition) is 9. The Kier molecular flexibility index (Phi) is 7.93. The summed E-state index contributed by atoms with van der Waals surface area (Å²) in [6.45, 7) is 0. The second-order valence-electron chi connectivity index (χ2n) is 7.63. The molecule has 13 heteroatoms. The number of ether oxygens (including phenoxy) is 3. The molecule has 0 aliphatic rings. The third kappa shape index (κ3) is 6.19. The van der Waals surface area contributed by atoms with E-state index in [0.29, 0.717) is 45.3 Å². The molecule has 2 aromatic heterocycles. The molecule has 0 aliphatic carbocycles. The van der Waals surface area contributed by atoms with E-state index in [1.54, 1.807) is 49.1 Å². The maximum absolute atomic E-state index is 12.7. The number of carbonyl (C=O) groups is 1. The number of nitrogens with zero attached hydrogens (tertiary/aromatic N) is 3. The van der Waals surface area contributed by atoms with Crippen LogP contribution in [0.1, 0.15) is 11.5 Å². The topological polar surface area (TPSA) is 153 Å². The summed E-state index contributed by atoms with van der Waals surface area (Å²) in [6, 6.07) is 13.6. The standard InChI is InChI=1S/C24H24N6O6S/c1-34-16-6-4-15(5-7-16)30-20(10-14-11-21(31)27-23(33)25-14)28-29-24(30)37-13-22(32)26-18-9-8-17(35-2)12-19(18)36-3/h4-9,11-12H,10,13H2,1-3H3,(H,26,32)(H2,25,27,31,33). The van der Waals surface area contributed by atoms with Crippen LogP contribution in [0, 0.1) is 0 Å². The highest BCUT2D eigenvalue weighted by Crippen LogP contribution is 2.30. The summed E-state index contributed by atoms with van der Waals surface area (Å²) < 4.78 is 17.5. The predicted octanol–water partition coefficient (Wildman–Crippen LogP) is 1.99. The number of carbonyl (C=O) groups excluding carboxylic acids is 1. The van der Waals surface area contributed by atoms with E-state index < -0.39 is 11.2 Å². The normalized spacial score (nSPS) is 10.7. The largest absolute Gasteiger partial charge is 0.497 e. The number of hydrogen-bond donors (Lipinski definition) is 3. The summed E-state index contributed by atoms with van der Waals surface area (Å²) in [4.78, 5) is 40.9. The molecule has 1 amide bonds. The van der Waals surface area contributed by atoms with E-state index in [1.807, 2.05) is 12.1 Å². The Morgan fingerprint density at radius 3 is 2.35 bits per heavy atom. The molecule has 0 aliphatic heterocycles. The van der Waals surface area contributed by atoms with Crippen molar-refractivity contribution in [2.45, 2.75) is 11.6 Å². The summed E-state index contributed by atoms with van der Waals surface area (Å²) in [6.07, 6.45) is 0.133. The summed E-state index contributed by atoms with van der Waals surface area (Å²) in [7, 11) is 4.62. The van der Waals surface area contributed by atoms with Crippen molar-refractivity contribution < 1.29 is 19.0 Å². The number of methoxy groups -OCH3 is 3. The number of H-pyrrole nitrogens is 2. The fourth-order valence-electron chi connectivity index (χ4n) is 3.50. The number of aromatic amines is 2. The molecule has 0 unspecified atom stereocenters. The number of nitrogens with one attached hydrogen (secondary N) is 3. The zero-order chi connectivity index (χ0) is 26.4. The zero-order valence-electron chi connectivity index (χ0n) is 20.2. The number of anilines is 1. The van der Waals surface area contributed by atoms with Crippen molar-refractivity contribution in [2.75, 3.05) is 32.4 Å². The Morgan fingerprint density at radius 2 is 1.68 bits per heavy atom. The molecule has 2 aromatic carbocycles. The van der Waals surface area contributed by atoms with Gasteiger partial charge in [-0.2, -0.15) is 0 Å². The van der Waals surface area contributed by atoms with Crippen molar-refractivity contribution in [1.29, 1.82) is 0 Å². The summed E-state index contributed by atoms with van der Waals surface area (Å²) in [5, 5.41) is 11.8. The van der Waals surface area contributed by atoms with Gasteiger partial charge in [-0.1, -0.05) is 11.8 Å². The summed E-state index contributed by atoms with van der Waals surface area (Å²) in [5.74, 6) is 1.95. The number of amides is 1. The highest BCUT2D eigenvalue weighted by atomic mass is 32.2. The average Bonchev–Trinajstić information content (AvgIpc) is 3.29. The van der Waals surface area contributed by atoms with Crippen LogP contribution in [0.5, 0.6) is 17.2 Å². The minimum absolute atomic E-state index is 0.0330. The van der Waals surface area contributed by atoms with E-state index in [1.165, 1.54) is 24.9 Å². The zero-order valence-corrected chi connectivity index (χ0v) is 21.0. The molecule has 0 atom stereocenters. The van der Waals surface area contributed by atoms with Crippen molar-refractivity contribution in [2.24, 2.45) is 0 Å². The lowest BCUT2D eigenvalue weighted by atomic mass is 10.2. The van der Waals surface area contributed by atoms with Crippen LogP contribution in [-0.2, 0) is 11.2 Å². The van der Waals surface area contributed by atoms with Gasteiger partial charge in [0.15, 0.2) is 5.16 Å². The Bertz CT molecular complexity index is 1480. The van der Waals surface area contributed by atoms with Crippen molar-refractivity contribution in [3.8, 4) is 22.9 Å². The Labute approximate surface area is 215 Å². The number of benzene rings is 2. The van der Waals surface area contributed by atoms with Crippen LogP contribution in [-0.4, -0.2) is 57.7 Å². The van der Waals surface area contributed by atoms with Crippen molar-refractivity contribution >= 4 is 23.4 Å². The van der Waals surface area contributed by atoms with Crippen LogP contribution in [0.15, 0.2) is 63.3 Å². The highest BCUT2D eigenvalue weighted by molar-refractivity contribution is 7.99. The fraction of sp³-hybridized carbons (Fsp3) is 0.208. The maximum atomic E-state index is 12.7. The van der Waals surface area contributed by atoms with Crippen LogP contribution < -0.4 is 30.8 Å². The van der Waals surface area contributed by atoms with Gasteiger partial charge in [-0.3, -0.25) is 19.1 Å². The lowest BCUT2D eigenvalue weighted by Gasteiger charge is -2.12. The third-order valence-corrected chi connectivity index (χ3v) is 6.14. The smallest absolute Gasteiger partial charge is 0.325 e. The van der Waals surface area contributed by atoms with Crippen molar-refractivity contribution in [1.82, 2.24) is 24.7 Å². The molecule has 0 spiro atoms. The second kappa shape index (κ2) is 11.5. The van der Waals surface area contributed by atoms with Crippen LogP contribution in [0.3, 0.4) is 0 Å². The molecule has 0 fully saturated rings. The molecular weight excluding hydrogens is 500 g/mol. The summed E-state index contributed by atoms with van der Waals surface area (Å²) >= 11 is 1.18. The Balaban J connectivity index is 1.58. The predicted molar refractivity (Wildman–Crippen MR) is 137 cm³/mol. The van der Waals surface area contributed by atoms with E-state index in [4.69, 9.17) is 14.2 Å². The van der Waals surface area contributed by atoms with E-state index in [0.717, 1.165) is 0 Å². The van der Waals surface area contributed by atoms with Gasteiger partial charge in [-0.25, -0.2) is 4.79 Å². The maximum Gasteiger partial charge on any atom is 0.325 e. The minimum atomic E-state index is -0.613. The first kappa shape index (κ1) is 25.6. The van der Waals surface area contributed by atoms with Gasteiger partial charge in [0.05, 0.1) is 32.8 Å². The van der Waals surface area contributed by atoms with Gasteiger partial charge < -0.3 is 24.5 Å². The SMILES string of the molecule is COc1ccc(-n2c(Cc3cc(=O)[nH]c(=O)[nH]3)nnc2SCC(=O)Nc2ccc(OC)cc2OC)cc1. The third-order valence-electron chi connectivity index (χ3n) is 5.21. The number of rotatable bonds is 10. The van der Waals surface area contributed by atoms with E-state index in [9.17, 15) is 14.4 Å². The first-order valence-electron chi connectivity index (χ1n) is 11.0. The van der Waals surface area contributed by atoms with Crippen LogP contribution >= 0.6 is 11.8 Å². The molecule has 0 radical (unpaired) electrons. The van der Waals surface area contributed by atoms with E-state index in [-0.39, 0.29) is 18.1 Å². The molecule has 37 heavy (non-hydrogen) atoms. The highest BCUT2D eigenvalue weighted by Gasteiger charge is 2.18. The van der Waals surface area contributed by atoms with Gasteiger partial charge in [0.2, 0.25) is 5.91 Å². The molecule has 3 N–H and O–H groups in total. The Hall–Kier alpha value is -4.52. The number of thioether (sulfide) groups is 1. The van der Waals surface area contributed by atoms with Gasteiger partial charge in [-0.05, 0) is 36.4 Å². The minimum Gasteiger partial charge on any atom is -0.497 e. The van der Waals surface area contributed by atoms with Crippen molar-refractivity contribution in [3.05, 3.63) is 80.9 Å². The van der Waals surface area contributed by atoms with Gasteiger partial charge in [0.25, 0.3) is 5.56 Å². The number of aromatic nitrogens is 5. The van der Waals surface area contributed by atoms with Gasteiger partial charge in [0.1, 0.15) is 23.1 Å². The van der Waals surface area contributed by atoms with Gasteiger partial charge >= 0.3 is 5.69 Å². The first-order chi connectivity index (χ1) is 17.9. The lowest BCUT2D eigenvalue weighted by Crippen LogP contribution is -2.23. The van der Waals surface area contributed by atoms with Gasteiger partial charge in [0, 0.05) is 29.9 Å². The molecule has 192 valence electrons. The molecule has 0 saturated heterocycles. The molecule has 2 heterocycles. The molecule has 4 aromatic rings. The first-order valence-corrected chi connectivity index (χ1v) is 11.9. The molecule has 12 nitrogen and oxygen atoms in total. The van der Waals surface area contributed by atoms with E-state index >= 15 is 0 Å². The van der Waals surface area contributed by atoms with Crippen LogP contribution in [0.25, 0.3) is 5.69 Å². The van der Waals surface area contributed by atoms with Gasteiger partial charge in [-0.15, -0.1) is 10.2 Å². The average molecular weight is 525 g/mol. The monoisotopic (exact) mass is 524 g/mol. The molecule has 4 rings (SSSR count). The second-order valence-corrected chi connectivity index (χ2v) is 8.57. The molecule has 0 bridgehead atoms. The van der Waals surface area contributed by atoms with Crippen molar-refractivity contribution in [3.63, 3.8) is 0 Å².